The van der Waals surface area contributed by atoms with Crippen LogP contribution in [0.15, 0.2) is 23.1 Å². The van der Waals surface area contributed by atoms with Crippen LogP contribution in [0, 0.1) is 5.82 Å². The lowest BCUT2D eigenvalue weighted by molar-refractivity contribution is -0.128. The first-order valence-electron chi connectivity index (χ1n) is 6.96. The number of amides is 1. The first kappa shape index (κ1) is 15.8. The van der Waals surface area contributed by atoms with Gasteiger partial charge in [-0.2, -0.15) is 0 Å². The molecule has 1 aliphatic rings. The second-order valence-corrected chi connectivity index (χ2v) is 7.20. The zero-order chi connectivity index (χ0) is 15.5. The molecule has 1 heterocycles. The molecule has 2 rings (SSSR count). The topological polar surface area (TPSA) is 80.5 Å². The van der Waals surface area contributed by atoms with Crippen LogP contribution in [-0.4, -0.2) is 38.1 Å². The largest absolute Gasteiger partial charge is 0.399 e. The number of nitrogen functional groups attached to an aromatic ring is 1. The van der Waals surface area contributed by atoms with Gasteiger partial charge in [-0.15, -0.1) is 0 Å². The number of nitrogens with zero attached hydrogens (tertiary/aromatic N) is 1. The van der Waals surface area contributed by atoms with Gasteiger partial charge < -0.3 is 10.6 Å². The molecule has 1 aromatic carbocycles. The van der Waals surface area contributed by atoms with Gasteiger partial charge in [0.05, 0.1) is 0 Å². The summed E-state index contributed by atoms with van der Waals surface area (Å²) in [5, 5.41) is 0. The molecule has 0 spiro atoms. The van der Waals surface area contributed by atoms with Crippen LogP contribution in [0.1, 0.15) is 25.7 Å². The minimum Gasteiger partial charge on any atom is -0.399 e. The van der Waals surface area contributed by atoms with Gasteiger partial charge in [-0.05, 0) is 31.0 Å². The zero-order valence-electron chi connectivity index (χ0n) is 11.7. The summed E-state index contributed by atoms with van der Waals surface area (Å²) in [6, 6.07) is 3.37. The van der Waals surface area contributed by atoms with Crippen LogP contribution >= 0.6 is 0 Å². The van der Waals surface area contributed by atoms with Crippen LogP contribution in [0.3, 0.4) is 0 Å². The van der Waals surface area contributed by atoms with Crippen molar-refractivity contribution in [2.75, 3.05) is 24.6 Å². The minimum absolute atomic E-state index is 0.144. The van der Waals surface area contributed by atoms with Crippen LogP contribution in [-0.2, 0) is 14.6 Å². The molecule has 0 atom stereocenters. The van der Waals surface area contributed by atoms with E-state index in [9.17, 15) is 17.6 Å². The number of nitrogens with two attached hydrogens (primary N) is 1. The molecule has 116 valence electrons. The molecule has 1 saturated heterocycles. The Morgan fingerprint density at radius 2 is 1.81 bits per heavy atom. The van der Waals surface area contributed by atoms with Crippen LogP contribution in [0.25, 0.3) is 0 Å². The number of rotatable bonds is 3. The third-order valence-electron chi connectivity index (χ3n) is 3.56. The second-order valence-electron chi connectivity index (χ2n) is 5.24. The fraction of sp³-hybridized carbons (Fsp3) is 0.500. The first-order valence-corrected chi connectivity index (χ1v) is 8.61. The molecule has 0 unspecified atom stereocenters. The number of hydrogen-bond donors (Lipinski definition) is 1. The lowest BCUT2D eigenvalue weighted by Crippen LogP contribution is -2.36. The summed E-state index contributed by atoms with van der Waals surface area (Å²) in [5.41, 5.74) is 5.54. The van der Waals surface area contributed by atoms with Gasteiger partial charge in [0, 0.05) is 18.8 Å². The van der Waals surface area contributed by atoms with E-state index in [1.807, 2.05) is 0 Å². The van der Waals surface area contributed by atoms with Crippen LogP contribution in [0.2, 0.25) is 0 Å². The highest BCUT2D eigenvalue weighted by atomic mass is 32.2. The van der Waals surface area contributed by atoms with E-state index in [1.54, 1.807) is 4.90 Å². The van der Waals surface area contributed by atoms with Gasteiger partial charge in [0.1, 0.15) is 16.5 Å². The summed E-state index contributed by atoms with van der Waals surface area (Å²) in [7, 11) is -3.99. The number of carbonyl (C=O) groups excluding carboxylic acids is 1. The standard InChI is InChI=1S/C14H19FN2O3S/c15-12-9-11(16)5-6-13(12)21(19,20)10-14(18)17-7-3-1-2-4-8-17/h5-6,9H,1-4,7-8,10,16H2. The van der Waals surface area contributed by atoms with Gasteiger partial charge in [-0.3, -0.25) is 4.79 Å². The molecule has 1 aromatic rings. The highest BCUT2D eigenvalue weighted by molar-refractivity contribution is 7.92. The molecule has 0 aliphatic carbocycles. The van der Waals surface area contributed by atoms with Crippen LogP contribution < -0.4 is 5.73 Å². The van der Waals surface area contributed by atoms with Crippen molar-refractivity contribution in [2.24, 2.45) is 0 Å². The molecule has 0 bridgehead atoms. The summed E-state index contributed by atoms with van der Waals surface area (Å²) in [5.74, 6) is -2.08. The van der Waals surface area contributed by atoms with Gasteiger partial charge in [0.15, 0.2) is 9.84 Å². The predicted molar refractivity (Wildman–Crippen MR) is 77.9 cm³/mol. The normalized spacial score (nSPS) is 16.5. The van der Waals surface area contributed by atoms with Crippen molar-refractivity contribution in [2.45, 2.75) is 30.6 Å². The molecule has 0 saturated carbocycles. The lowest BCUT2D eigenvalue weighted by Gasteiger charge is -2.20. The van der Waals surface area contributed by atoms with Crippen molar-refractivity contribution >= 4 is 21.4 Å². The van der Waals surface area contributed by atoms with E-state index in [0.717, 1.165) is 37.8 Å². The number of hydrogen-bond acceptors (Lipinski definition) is 4. The summed E-state index contributed by atoms with van der Waals surface area (Å²) in [6.07, 6.45) is 3.84. The Kier molecular flexibility index (Phi) is 4.82. The van der Waals surface area contributed by atoms with E-state index >= 15 is 0 Å². The maximum atomic E-state index is 13.7. The summed E-state index contributed by atoms with van der Waals surface area (Å²) >= 11 is 0. The Morgan fingerprint density at radius 3 is 2.38 bits per heavy atom. The van der Waals surface area contributed by atoms with E-state index in [2.05, 4.69) is 0 Å². The van der Waals surface area contributed by atoms with Crippen molar-refractivity contribution < 1.29 is 17.6 Å². The highest BCUT2D eigenvalue weighted by Crippen LogP contribution is 2.19. The number of anilines is 1. The SMILES string of the molecule is Nc1ccc(S(=O)(=O)CC(=O)N2CCCCCC2)c(F)c1. The Labute approximate surface area is 123 Å². The van der Waals surface area contributed by atoms with E-state index in [0.29, 0.717) is 13.1 Å². The Balaban J connectivity index is 2.14. The molecular formula is C14H19FN2O3S. The molecule has 1 amide bonds. The van der Waals surface area contributed by atoms with E-state index < -0.39 is 32.2 Å². The Morgan fingerprint density at radius 1 is 1.19 bits per heavy atom. The predicted octanol–water partition coefficient (Wildman–Crippen LogP) is 1.58. The molecule has 21 heavy (non-hydrogen) atoms. The van der Waals surface area contributed by atoms with Crippen molar-refractivity contribution in [1.29, 1.82) is 0 Å². The van der Waals surface area contributed by atoms with Gasteiger partial charge in [0.25, 0.3) is 0 Å². The Hall–Kier alpha value is -1.63. The molecule has 2 N–H and O–H groups in total. The fourth-order valence-corrected chi connectivity index (χ4v) is 3.72. The minimum atomic E-state index is -3.99. The van der Waals surface area contributed by atoms with Crippen LogP contribution in [0.4, 0.5) is 10.1 Å². The number of sulfone groups is 1. The average Bonchev–Trinajstić information content (AvgIpc) is 2.66. The summed E-state index contributed by atoms with van der Waals surface area (Å²) in [4.78, 5) is 13.2. The average molecular weight is 314 g/mol. The highest BCUT2D eigenvalue weighted by Gasteiger charge is 2.26. The third-order valence-corrected chi connectivity index (χ3v) is 5.19. The van der Waals surface area contributed by atoms with Crippen molar-refractivity contribution in [3.8, 4) is 0 Å². The summed E-state index contributed by atoms with van der Waals surface area (Å²) in [6.45, 7) is 1.14. The van der Waals surface area contributed by atoms with Crippen LogP contribution in [0.5, 0.6) is 0 Å². The Bertz CT molecular complexity index is 623. The molecule has 1 aliphatic heterocycles. The lowest BCUT2D eigenvalue weighted by atomic mass is 10.2. The smallest absolute Gasteiger partial charge is 0.238 e. The van der Waals surface area contributed by atoms with Gasteiger partial charge in [0.2, 0.25) is 5.91 Å². The molecule has 1 fully saturated rings. The molecular weight excluding hydrogens is 295 g/mol. The first-order chi connectivity index (χ1) is 9.90. The molecule has 0 aromatic heterocycles. The van der Waals surface area contributed by atoms with Crippen molar-refractivity contribution in [3.05, 3.63) is 24.0 Å². The molecule has 0 radical (unpaired) electrons. The maximum absolute atomic E-state index is 13.7. The zero-order valence-corrected chi connectivity index (χ0v) is 12.5. The van der Waals surface area contributed by atoms with Crippen molar-refractivity contribution in [1.82, 2.24) is 4.90 Å². The number of carbonyl (C=O) groups is 1. The second kappa shape index (κ2) is 6.43. The number of halogens is 1. The van der Waals surface area contributed by atoms with E-state index in [1.165, 1.54) is 6.07 Å². The third kappa shape index (κ3) is 3.93. The molecule has 5 nitrogen and oxygen atoms in total. The van der Waals surface area contributed by atoms with Crippen molar-refractivity contribution in [3.63, 3.8) is 0 Å². The van der Waals surface area contributed by atoms with Gasteiger partial charge in [-0.25, -0.2) is 12.8 Å². The fourth-order valence-electron chi connectivity index (χ4n) is 2.42. The summed E-state index contributed by atoms with van der Waals surface area (Å²) < 4.78 is 38.1. The quantitative estimate of drug-likeness (QED) is 0.859. The number of benzene rings is 1. The monoisotopic (exact) mass is 314 g/mol. The van der Waals surface area contributed by atoms with E-state index in [-0.39, 0.29) is 5.69 Å². The van der Waals surface area contributed by atoms with Gasteiger partial charge in [-0.1, -0.05) is 12.8 Å². The molecule has 7 heteroatoms. The van der Waals surface area contributed by atoms with E-state index in [4.69, 9.17) is 5.73 Å². The number of likely N-dealkylation sites (tertiary alicyclic amines) is 1. The maximum Gasteiger partial charge on any atom is 0.238 e. The van der Waals surface area contributed by atoms with Gasteiger partial charge >= 0.3 is 0 Å².